The molecule has 2 aromatic rings. The van der Waals surface area contributed by atoms with Crippen molar-refractivity contribution in [2.75, 3.05) is 20.4 Å². The van der Waals surface area contributed by atoms with Crippen molar-refractivity contribution in [2.45, 2.75) is 12.6 Å². The summed E-state index contributed by atoms with van der Waals surface area (Å²) in [5.41, 5.74) is 1.10. The van der Waals surface area contributed by atoms with Crippen LogP contribution in [0.4, 0.5) is 0 Å². The lowest BCUT2D eigenvalue weighted by Crippen LogP contribution is -2.20. The van der Waals surface area contributed by atoms with Crippen LogP contribution in [0.2, 0.25) is 0 Å². The number of hydrogen-bond acceptors (Lipinski definition) is 5. The fraction of sp³-hybridized carbons (Fsp3) is 0.333. The van der Waals surface area contributed by atoms with Gasteiger partial charge in [0, 0.05) is 34.9 Å². The zero-order chi connectivity index (χ0) is 15.1. The smallest absolute Gasteiger partial charge is 0.188 e. The van der Waals surface area contributed by atoms with Gasteiger partial charge < -0.3 is 19.9 Å². The summed E-state index contributed by atoms with van der Waals surface area (Å²) in [5, 5.41) is 15.3. The number of rotatable bonds is 8. The minimum atomic E-state index is -0.491. The lowest BCUT2D eigenvalue weighted by molar-refractivity contribution is 0.0511. The second-order valence-corrected chi connectivity index (χ2v) is 6.37. The third kappa shape index (κ3) is 5.41. The Bertz CT molecular complexity index is 561. The summed E-state index contributed by atoms with van der Waals surface area (Å²) >= 11 is 4.93. The molecule has 0 aliphatic rings. The maximum absolute atomic E-state index is 10.1. The molecule has 0 saturated carbocycles. The maximum atomic E-state index is 10.1. The standard InChI is InChI=1S/C15H18BrNO3S/c1-19-10-20-13-4-2-3-11(5-13)7-17-8-14(18)15-6-12(16)9-21-15/h2-6,9,14,17-18H,7-8,10H2,1H3/t14-/m0/s1. The number of nitrogens with one attached hydrogen (secondary N) is 1. The van der Waals surface area contributed by atoms with Gasteiger partial charge in [0.1, 0.15) is 11.9 Å². The van der Waals surface area contributed by atoms with Gasteiger partial charge >= 0.3 is 0 Å². The highest BCUT2D eigenvalue weighted by molar-refractivity contribution is 9.10. The second kappa shape index (κ2) is 8.51. The minimum Gasteiger partial charge on any atom is -0.468 e. The van der Waals surface area contributed by atoms with Crippen LogP contribution in [0.1, 0.15) is 16.5 Å². The van der Waals surface area contributed by atoms with E-state index in [1.807, 2.05) is 35.7 Å². The lowest BCUT2D eigenvalue weighted by Gasteiger charge is -2.11. The minimum absolute atomic E-state index is 0.239. The molecule has 0 aliphatic carbocycles. The molecule has 0 fully saturated rings. The van der Waals surface area contributed by atoms with Gasteiger partial charge in [0.2, 0.25) is 0 Å². The van der Waals surface area contributed by atoms with E-state index >= 15 is 0 Å². The number of halogens is 1. The number of thiophene rings is 1. The van der Waals surface area contributed by atoms with Crippen LogP contribution in [0.5, 0.6) is 5.75 Å². The Kier molecular flexibility index (Phi) is 6.66. The van der Waals surface area contributed by atoms with E-state index in [1.165, 1.54) is 0 Å². The first kappa shape index (κ1) is 16.5. The molecule has 1 atom stereocenters. The molecule has 0 saturated heterocycles. The molecule has 21 heavy (non-hydrogen) atoms. The first-order valence-corrected chi connectivity index (χ1v) is 8.19. The largest absolute Gasteiger partial charge is 0.468 e. The van der Waals surface area contributed by atoms with Crippen molar-refractivity contribution in [3.63, 3.8) is 0 Å². The summed E-state index contributed by atoms with van der Waals surface area (Å²) in [7, 11) is 1.59. The van der Waals surface area contributed by atoms with Gasteiger partial charge in [0.15, 0.2) is 6.79 Å². The zero-order valence-corrected chi connectivity index (χ0v) is 14.1. The predicted octanol–water partition coefficient (Wildman–Crippen LogP) is 3.32. The fourth-order valence-electron chi connectivity index (χ4n) is 1.83. The number of aliphatic hydroxyl groups is 1. The molecule has 0 radical (unpaired) electrons. The van der Waals surface area contributed by atoms with Gasteiger partial charge in [-0.2, -0.15) is 0 Å². The van der Waals surface area contributed by atoms with Crippen LogP contribution in [0, 0.1) is 0 Å². The fourth-order valence-corrected chi connectivity index (χ4v) is 3.26. The predicted molar refractivity (Wildman–Crippen MR) is 87.6 cm³/mol. The SMILES string of the molecule is COCOc1cccc(CNC[C@H](O)c2cc(Br)cs2)c1. The highest BCUT2D eigenvalue weighted by Crippen LogP contribution is 2.25. The molecule has 0 aliphatic heterocycles. The first-order chi connectivity index (χ1) is 10.2. The highest BCUT2D eigenvalue weighted by Gasteiger charge is 2.09. The van der Waals surface area contributed by atoms with Gasteiger partial charge in [-0.15, -0.1) is 11.3 Å². The average molecular weight is 372 g/mol. The topological polar surface area (TPSA) is 50.7 Å². The Balaban J connectivity index is 1.80. The molecule has 2 rings (SSSR count). The average Bonchev–Trinajstić information content (AvgIpc) is 2.92. The molecule has 0 spiro atoms. The molecule has 1 aromatic carbocycles. The molecule has 114 valence electrons. The number of hydrogen-bond donors (Lipinski definition) is 2. The van der Waals surface area contributed by atoms with Gasteiger partial charge in [0.25, 0.3) is 0 Å². The Morgan fingerprint density at radius 2 is 2.24 bits per heavy atom. The van der Waals surface area contributed by atoms with Gasteiger partial charge in [-0.1, -0.05) is 12.1 Å². The van der Waals surface area contributed by atoms with Crippen LogP contribution in [0.15, 0.2) is 40.2 Å². The van der Waals surface area contributed by atoms with E-state index in [4.69, 9.17) is 9.47 Å². The van der Waals surface area contributed by atoms with E-state index in [9.17, 15) is 5.11 Å². The van der Waals surface area contributed by atoms with Crippen LogP contribution in [-0.4, -0.2) is 25.6 Å². The third-order valence-electron chi connectivity index (χ3n) is 2.82. The van der Waals surface area contributed by atoms with E-state index < -0.39 is 6.10 Å². The first-order valence-electron chi connectivity index (χ1n) is 6.52. The van der Waals surface area contributed by atoms with Gasteiger partial charge in [-0.05, 0) is 39.7 Å². The van der Waals surface area contributed by atoms with Crippen LogP contribution in [0.25, 0.3) is 0 Å². The van der Waals surface area contributed by atoms with Crippen molar-refractivity contribution in [2.24, 2.45) is 0 Å². The molecule has 6 heteroatoms. The summed E-state index contributed by atoms with van der Waals surface area (Å²) in [6.45, 7) is 1.42. The monoisotopic (exact) mass is 371 g/mol. The molecule has 0 amide bonds. The number of ether oxygens (including phenoxy) is 2. The Morgan fingerprint density at radius 3 is 2.95 bits per heavy atom. The quantitative estimate of drug-likeness (QED) is 0.698. The molecule has 4 nitrogen and oxygen atoms in total. The van der Waals surface area contributed by atoms with Crippen molar-refractivity contribution in [1.29, 1.82) is 0 Å². The normalized spacial score (nSPS) is 12.3. The summed E-state index contributed by atoms with van der Waals surface area (Å²) in [6.07, 6.45) is -0.491. The summed E-state index contributed by atoms with van der Waals surface area (Å²) in [5.74, 6) is 0.777. The summed E-state index contributed by atoms with van der Waals surface area (Å²) in [6, 6.07) is 9.74. The van der Waals surface area contributed by atoms with E-state index in [0.29, 0.717) is 13.1 Å². The summed E-state index contributed by atoms with van der Waals surface area (Å²) in [4.78, 5) is 0.951. The van der Waals surface area contributed by atoms with E-state index in [-0.39, 0.29) is 6.79 Å². The molecule has 2 N–H and O–H groups in total. The molecule has 0 unspecified atom stereocenters. The van der Waals surface area contributed by atoms with Gasteiger partial charge in [-0.25, -0.2) is 0 Å². The van der Waals surface area contributed by atoms with Gasteiger partial charge in [-0.3, -0.25) is 0 Å². The van der Waals surface area contributed by atoms with E-state index in [2.05, 4.69) is 21.2 Å². The number of methoxy groups -OCH3 is 1. The Morgan fingerprint density at radius 1 is 1.38 bits per heavy atom. The Hall–Kier alpha value is -0.920. The molecular weight excluding hydrogens is 354 g/mol. The molecule has 1 aromatic heterocycles. The van der Waals surface area contributed by atoms with Crippen LogP contribution < -0.4 is 10.1 Å². The third-order valence-corrected chi connectivity index (χ3v) is 4.62. The van der Waals surface area contributed by atoms with Crippen molar-refractivity contribution in [1.82, 2.24) is 5.32 Å². The van der Waals surface area contributed by atoms with Crippen molar-refractivity contribution in [3.8, 4) is 5.75 Å². The van der Waals surface area contributed by atoms with Crippen molar-refractivity contribution >= 4 is 27.3 Å². The van der Waals surface area contributed by atoms with E-state index in [1.54, 1.807) is 18.4 Å². The Labute approximate surface area is 136 Å². The van der Waals surface area contributed by atoms with Crippen LogP contribution >= 0.6 is 27.3 Å². The highest BCUT2D eigenvalue weighted by atomic mass is 79.9. The molecule has 1 heterocycles. The van der Waals surface area contributed by atoms with Crippen molar-refractivity contribution in [3.05, 3.63) is 50.6 Å². The zero-order valence-electron chi connectivity index (χ0n) is 11.7. The number of benzene rings is 1. The van der Waals surface area contributed by atoms with Crippen LogP contribution in [-0.2, 0) is 11.3 Å². The lowest BCUT2D eigenvalue weighted by atomic mass is 10.2. The molecular formula is C15H18BrNO3S. The van der Waals surface area contributed by atoms with Gasteiger partial charge in [0.05, 0.1) is 0 Å². The number of aliphatic hydroxyl groups excluding tert-OH is 1. The van der Waals surface area contributed by atoms with E-state index in [0.717, 1.165) is 20.7 Å². The molecule has 0 bridgehead atoms. The maximum Gasteiger partial charge on any atom is 0.188 e. The van der Waals surface area contributed by atoms with Crippen LogP contribution in [0.3, 0.4) is 0 Å². The second-order valence-electron chi connectivity index (χ2n) is 4.51. The summed E-state index contributed by atoms with van der Waals surface area (Å²) < 4.78 is 11.3. The van der Waals surface area contributed by atoms with Crippen molar-refractivity contribution < 1.29 is 14.6 Å².